The van der Waals surface area contributed by atoms with E-state index in [4.69, 9.17) is 5.73 Å². The molecule has 1 aliphatic rings. The van der Waals surface area contributed by atoms with Gasteiger partial charge in [0.05, 0.1) is 0 Å². The van der Waals surface area contributed by atoms with Crippen molar-refractivity contribution in [1.29, 1.82) is 0 Å². The van der Waals surface area contributed by atoms with Gasteiger partial charge in [-0.3, -0.25) is 0 Å². The molecule has 0 heterocycles. The number of aryl methyl sites for hydroxylation is 3. The number of rotatable bonds is 4. The molecule has 25 heavy (non-hydrogen) atoms. The molecule has 1 aromatic rings. The Balaban J connectivity index is 2.48. The van der Waals surface area contributed by atoms with Gasteiger partial charge in [-0.05, 0) is 0 Å². The van der Waals surface area contributed by atoms with Gasteiger partial charge in [0.1, 0.15) is 0 Å². The quantitative estimate of drug-likeness (QED) is 0.671. The molecule has 0 aromatic heterocycles. The van der Waals surface area contributed by atoms with Crippen molar-refractivity contribution < 1.29 is 38.7 Å². The van der Waals surface area contributed by atoms with E-state index in [0.29, 0.717) is 19.3 Å². The van der Waals surface area contributed by atoms with Gasteiger partial charge in [-0.1, -0.05) is 0 Å². The van der Waals surface area contributed by atoms with Gasteiger partial charge in [-0.25, -0.2) is 0 Å². The van der Waals surface area contributed by atoms with E-state index in [2.05, 4.69) is 0 Å². The van der Waals surface area contributed by atoms with Gasteiger partial charge in [-0.2, -0.15) is 0 Å². The van der Waals surface area contributed by atoms with Crippen molar-refractivity contribution in [2.45, 2.75) is 62.1 Å². The summed E-state index contributed by atoms with van der Waals surface area (Å²) in [6.07, 6.45) is 2.29. The zero-order valence-electron chi connectivity index (χ0n) is 14.4. The van der Waals surface area contributed by atoms with Crippen LogP contribution < -0.4 is 14.6 Å². The molecule has 0 aliphatic heterocycles. The Morgan fingerprint density at radius 2 is 1.76 bits per heavy atom. The number of halogens is 3. The molecule has 2 unspecified atom stereocenters. The first kappa shape index (κ1) is 20.8. The molecule has 0 bridgehead atoms. The minimum atomic E-state index is -5.45. The summed E-state index contributed by atoms with van der Waals surface area (Å²) in [5, 5.41) is 0. The van der Waals surface area contributed by atoms with Crippen molar-refractivity contribution in [3.8, 4) is 0 Å². The third kappa shape index (κ3) is 4.43. The van der Waals surface area contributed by atoms with Crippen molar-refractivity contribution in [2.24, 2.45) is 5.73 Å². The summed E-state index contributed by atoms with van der Waals surface area (Å²) >= 11 is -0.878. The van der Waals surface area contributed by atoms with E-state index in [0.717, 1.165) is 27.3 Å². The Morgan fingerprint density at radius 3 is 2.24 bits per heavy atom. The number of hydrogen-bond donors (Lipinski definition) is 2. The Bertz CT molecular complexity index is 729. The Kier molecular flexibility index (Phi) is 6.04. The van der Waals surface area contributed by atoms with Crippen LogP contribution in [0.15, 0.2) is 12.1 Å². The van der Waals surface area contributed by atoms with E-state index >= 15 is 0 Å². The van der Waals surface area contributed by atoms with Crippen molar-refractivity contribution >= 4 is 14.2 Å². The predicted octanol–water partition coefficient (Wildman–Crippen LogP) is 2.36. The molecule has 0 spiro atoms. The van der Waals surface area contributed by atoms with Gasteiger partial charge in [0, 0.05) is 0 Å². The molecule has 3 N–H and O–H groups in total. The number of benzene rings is 1. The van der Waals surface area contributed by atoms with Crippen LogP contribution in [0.1, 0.15) is 42.4 Å². The first-order valence-electron chi connectivity index (χ1n) is 7.95. The average molecular weight is 466 g/mol. The van der Waals surface area contributed by atoms with Crippen LogP contribution >= 0.6 is 0 Å². The van der Waals surface area contributed by atoms with Crippen molar-refractivity contribution in [3.05, 3.63) is 28.8 Å². The van der Waals surface area contributed by atoms with Crippen molar-refractivity contribution in [3.63, 3.8) is 0 Å². The van der Waals surface area contributed by atoms with Crippen LogP contribution in [-0.4, -0.2) is 24.1 Å². The molecule has 4 nitrogen and oxygen atoms in total. The number of nitrogens with one attached hydrogen (secondary N) is 1. The van der Waals surface area contributed by atoms with Crippen molar-refractivity contribution in [1.82, 2.24) is 4.72 Å². The third-order valence-corrected chi connectivity index (χ3v) is 9.70. The average Bonchev–Trinajstić information content (AvgIpc) is 2.44. The second kappa shape index (κ2) is 7.26. The van der Waals surface area contributed by atoms with Crippen LogP contribution in [0.4, 0.5) is 13.2 Å². The molecule has 0 radical (unpaired) electrons. The zero-order valence-corrected chi connectivity index (χ0v) is 16.9. The molecule has 2 atom stereocenters. The Morgan fingerprint density at radius 1 is 1.20 bits per heavy atom. The zero-order chi connectivity index (χ0) is 19.0. The summed E-state index contributed by atoms with van der Waals surface area (Å²) in [5.74, 6) is 0. The van der Waals surface area contributed by atoms with E-state index in [1.54, 1.807) is 0 Å². The maximum atomic E-state index is 13.0. The van der Waals surface area contributed by atoms with Crippen LogP contribution in [0.3, 0.4) is 0 Å². The molecule has 144 valence electrons. The van der Waals surface area contributed by atoms with E-state index in [1.165, 1.54) is 0 Å². The van der Waals surface area contributed by atoms with Gasteiger partial charge in [0.15, 0.2) is 0 Å². The van der Waals surface area contributed by atoms with E-state index < -0.39 is 42.8 Å². The standard InChI is InChI=1S/C9H11.C7H12F3N2O2S.Ru/c1-7-4-8(2)6-9(3)5-7;8-7(9,10)15(13,14)12-6-4-2-1-3-5(6)11;/h4-5H,1-3H3;5,12H,1-4,11H2;. The van der Waals surface area contributed by atoms with Crippen LogP contribution in [-0.2, 0) is 27.1 Å². The third-order valence-electron chi connectivity index (χ3n) is 4.29. The molecule has 1 saturated carbocycles. The molecule has 1 fully saturated rings. The second-order valence-electron chi connectivity index (χ2n) is 6.53. The van der Waals surface area contributed by atoms with E-state index in [-0.39, 0.29) is 0 Å². The number of sulfonamides is 1. The number of hydrogen-bond acceptors (Lipinski definition) is 3. The molecule has 0 saturated heterocycles. The summed E-state index contributed by atoms with van der Waals surface area (Å²) in [5.41, 5.74) is 3.84. The molecule has 1 aliphatic carbocycles. The molecule has 9 heteroatoms. The summed E-state index contributed by atoms with van der Waals surface area (Å²) < 4.78 is 64.2. The molecular weight excluding hydrogens is 442 g/mol. The fourth-order valence-electron chi connectivity index (χ4n) is 3.14. The van der Waals surface area contributed by atoms with Crippen molar-refractivity contribution in [2.75, 3.05) is 0 Å². The molecular formula is C16H23F3N2O2RuS. The van der Waals surface area contributed by atoms with Crippen LogP contribution in [0.25, 0.3) is 0 Å². The second-order valence-corrected chi connectivity index (χ2v) is 11.1. The number of nitrogens with two attached hydrogens (primary N) is 1. The summed E-state index contributed by atoms with van der Waals surface area (Å²) in [4.78, 5) is 0. The topological polar surface area (TPSA) is 72.2 Å². The Hall–Kier alpha value is -0.497. The normalized spacial score (nSPS) is 25.3. The van der Waals surface area contributed by atoms with Gasteiger partial charge >= 0.3 is 154 Å². The molecule has 0 amide bonds. The predicted molar refractivity (Wildman–Crippen MR) is 87.6 cm³/mol. The van der Waals surface area contributed by atoms with Gasteiger partial charge < -0.3 is 0 Å². The maximum absolute atomic E-state index is 13.0. The van der Waals surface area contributed by atoms with Crippen LogP contribution in [0.2, 0.25) is 0 Å². The number of alkyl halides is 3. The fourth-order valence-corrected chi connectivity index (χ4v) is 7.76. The van der Waals surface area contributed by atoms with E-state index in [1.807, 2.05) is 37.6 Å². The van der Waals surface area contributed by atoms with Gasteiger partial charge in [0.2, 0.25) is 0 Å². The molecule has 1 aromatic carbocycles. The Labute approximate surface area is 154 Å². The van der Waals surface area contributed by atoms with Gasteiger partial charge in [-0.15, -0.1) is 0 Å². The minimum absolute atomic E-state index is 0.328. The summed E-state index contributed by atoms with van der Waals surface area (Å²) in [7, 11) is -5.45. The van der Waals surface area contributed by atoms with Crippen LogP contribution in [0.5, 0.6) is 0 Å². The first-order chi connectivity index (χ1) is 11.4. The fraction of sp³-hybridized carbons (Fsp3) is 0.625. The first-order valence-corrected chi connectivity index (χ1v) is 11.2. The van der Waals surface area contributed by atoms with Gasteiger partial charge in [0.25, 0.3) is 0 Å². The summed E-state index contributed by atoms with van der Waals surface area (Å²) in [6.45, 7) is 5.77. The monoisotopic (exact) mass is 466 g/mol. The molecule has 2 rings (SSSR count). The van der Waals surface area contributed by atoms with Crippen LogP contribution in [0, 0.1) is 20.8 Å². The van der Waals surface area contributed by atoms with E-state index in [9.17, 15) is 21.6 Å². The SMILES string of the molecule is Cc1cc(C)[c]([Ru][C]2(NS(=O)(=O)C(F)(F)F)CCCCC2N)c(C)c1. The summed E-state index contributed by atoms with van der Waals surface area (Å²) in [6, 6.07) is 3.31.